The van der Waals surface area contributed by atoms with Crippen LogP contribution >= 0.6 is 0 Å². The van der Waals surface area contributed by atoms with Crippen molar-refractivity contribution in [3.05, 3.63) is 48.0 Å². The van der Waals surface area contributed by atoms with E-state index in [1.165, 1.54) is 7.11 Å². The van der Waals surface area contributed by atoms with Gasteiger partial charge in [0, 0.05) is 10.9 Å². The van der Waals surface area contributed by atoms with E-state index in [0.29, 0.717) is 22.8 Å². The number of rotatable bonds is 5. The van der Waals surface area contributed by atoms with Crippen molar-refractivity contribution in [1.82, 2.24) is 0 Å². The van der Waals surface area contributed by atoms with Crippen LogP contribution in [-0.2, 0) is 0 Å². The van der Waals surface area contributed by atoms with Gasteiger partial charge in [-0.25, -0.2) is 0 Å². The Morgan fingerprint density at radius 2 is 1.64 bits per heavy atom. The summed E-state index contributed by atoms with van der Waals surface area (Å²) in [7, 11) is 4.63. The number of fused-ring (bicyclic) bond motifs is 1. The molecule has 0 aromatic heterocycles. The number of methoxy groups -OCH3 is 3. The lowest BCUT2D eigenvalue weighted by Gasteiger charge is -2.15. The normalized spacial score (nSPS) is 10.5. The third-order valence-corrected chi connectivity index (χ3v) is 4.11. The van der Waals surface area contributed by atoms with E-state index in [-0.39, 0.29) is 5.75 Å². The zero-order valence-corrected chi connectivity index (χ0v) is 14.2. The van der Waals surface area contributed by atoms with Crippen molar-refractivity contribution in [3.8, 4) is 34.1 Å². The van der Waals surface area contributed by atoms with Crippen molar-refractivity contribution in [1.29, 1.82) is 0 Å². The Balaban J connectivity index is 2.38. The third kappa shape index (κ3) is 2.85. The van der Waals surface area contributed by atoms with E-state index in [9.17, 15) is 9.90 Å². The lowest BCUT2D eigenvalue weighted by atomic mass is 9.94. The summed E-state index contributed by atoms with van der Waals surface area (Å²) in [4.78, 5) is 11.4. The van der Waals surface area contributed by atoms with Gasteiger partial charge in [-0.05, 0) is 46.8 Å². The van der Waals surface area contributed by atoms with Crippen LogP contribution in [0.4, 0.5) is 0 Å². The van der Waals surface area contributed by atoms with E-state index < -0.39 is 0 Å². The monoisotopic (exact) mass is 338 g/mol. The van der Waals surface area contributed by atoms with Crippen molar-refractivity contribution in [2.24, 2.45) is 0 Å². The number of hydrogen-bond donors (Lipinski definition) is 1. The molecule has 128 valence electrons. The molecule has 0 unspecified atom stereocenters. The maximum atomic E-state index is 11.4. The van der Waals surface area contributed by atoms with Gasteiger partial charge in [0.2, 0.25) is 0 Å². The van der Waals surface area contributed by atoms with E-state index in [1.807, 2.05) is 12.1 Å². The van der Waals surface area contributed by atoms with Gasteiger partial charge in [0.1, 0.15) is 6.29 Å². The first-order valence-corrected chi connectivity index (χ1v) is 7.64. The molecule has 0 bridgehead atoms. The largest absolute Gasteiger partial charge is 0.504 e. The number of hydrogen-bond acceptors (Lipinski definition) is 5. The number of phenols is 1. The minimum atomic E-state index is 0.0376. The fourth-order valence-corrected chi connectivity index (χ4v) is 2.95. The smallest absolute Gasteiger partial charge is 0.168 e. The van der Waals surface area contributed by atoms with Gasteiger partial charge in [-0.3, -0.25) is 4.79 Å². The van der Waals surface area contributed by atoms with Crippen LogP contribution in [0.15, 0.2) is 42.5 Å². The molecule has 0 saturated carbocycles. The van der Waals surface area contributed by atoms with Crippen LogP contribution in [0.2, 0.25) is 0 Å². The quantitative estimate of drug-likeness (QED) is 0.711. The van der Waals surface area contributed by atoms with Gasteiger partial charge in [0.25, 0.3) is 0 Å². The zero-order valence-electron chi connectivity index (χ0n) is 14.2. The van der Waals surface area contributed by atoms with Crippen molar-refractivity contribution in [3.63, 3.8) is 0 Å². The molecule has 3 aromatic carbocycles. The Labute approximate surface area is 145 Å². The van der Waals surface area contributed by atoms with Crippen LogP contribution in [0.25, 0.3) is 21.9 Å². The van der Waals surface area contributed by atoms with Gasteiger partial charge in [-0.2, -0.15) is 0 Å². The molecule has 0 atom stereocenters. The molecule has 3 aromatic rings. The second-order valence-corrected chi connectivity index (χ2v) is 5.47. The van der Waals surface area contributed by atoms with Crippen LogP contribution in [-0.4, -0.2) is 32.7 Å². The predicted octanol–water partition coefficient (Wildman–Crippen LogP) is 4.05. The van der Waals surface area contributed by atoms with Crippen LogP contribution in [0.1, 0.15) is 10.4 Å². The lowest BCUT2D eigenvalue weighted by molar-refractivity contribution is 0.112. The van der Waals surface area contributed by atoms with Gasteiger partial charge in [-0.1, -0.05) is 12.1 Å². The number of ether oxygens (including phenoxy) is 3. The molecule has 0 amide bonds. The number of phenolic OH excluding ortho intramolecular Hbond substituents is 1. The molecule has 1 N–H and O–H groups in total. The minimum Gasteiger partial charge on any atom is -0.504 e. The highest BCUT2D eigenvalue weighted by Gasteiger charge is 2.16. The van der Waals surface area contributed by atoms with Crippen LogP contribution < -0.4 is 14.2 Å². The highest BCUT2D eigenvalue weighted by atomic mass is 16.5. The molecule has 0 aliphatic carbocycles. The Hall–Kier alpha value is -3.21. The maximum Gasteiger partial charge on any atom is 0.168 e. The molecule has 0 spiro atoms. The predicted molar refractivity (Wildman–Crippen MR) is 96.1 cm³/mol. The van der Waals surface area contributed by atoms with Gasteiger partial charge in [-0.15, -0.1) is 0 Å². The summed E-state index contributed by atoms with van der Waals surface area (Å²) in [6.45, 7) is 0. The SMILES string of the molecule is COc1ccc(-c2cc(C=O)cc3ccc(O)c(OC)c23)cc1OC. The van der Waals surface area contributed by atoms with Gasteiger partial charge in [0.05, 0.1) is 21.3 Å². The average Bonchev–Trinajstić information content (AvgIpc) is 2.66. The summed E-state index contributed by atoms with van der Waals surface area (Å²) in [6, 6.07) is 12.3. The van der Waals surface area contributed by atoms with Crippen LogP contribution in [0.3, 0.4) is 0 Å². The Morgan fingerprint density at radius 3 is 2.28 bits per heavy atom. The molecule has 3 rings (SSSR count). The molecule has 25 heavy (non-hydrogen) atoms. The van der Waals surface area contributed by atoms with Gasteiger partial charge < -0.3 is 19.3 Å². The average molecular weight is 338 g/mol. The Kier molecular flexibility index (Phi) is 4.48. The fraction of sp³-hybridized carbons (Fsp3) is 0.150. The molecule has 5 heteroatoms. The molecular formula is C20H18O5. The molecule has 0 fully saturated rings. The van der Waals surface area contributed by atoms with Crippen molar-refractivity contribution >= 4 is 17.1 Å². The van der Waals surface area contributed by atoms with E-state index >= 15 is 0 Å². The number of aldehydes is 1. The van der Waals surface area contributed by atoms with Crippen molar-refractivity contribution < 1.29 is 24.1 Å². The maximum absolute atomic E-state index is 11.4. The summed E-state index contributed by atoms with van der Waals surface area (Å²) in [5.74, 6) is 1.58. The topological polar surface area (TPSA) is 65.0 Å². The summed E-state index contributed by atoms with van der Waals surface area (Å²) in [5, 5.41) is 11.7. The Morgan fingerprint density at radius 1 is 0.880 bits per heavy atom. The fourth-order valence-electron chi connectivity index (χ4n) is 2.95. The molecular weight excluding hydrogens is 320 g/mol. The van der Waals surface area contributed by atoms with Crippen LogP contribution in [0, 0.1) is 0 Å². The van der Waals surface area contributed by atoms with E-state index in [2.05, 4.69) is 0 Å². The third-order valence-electron chi connectivity index (χ3n) is 4.11. The van der Waals surface area contributed by atoms with Gasteiger partial charge in [0.15, 0.2) is 23.0 Å². The van der Waals surface area contributed by atoms with Crippen molar-refractivity contribution in [2.45, 2.75) is 0 Å². The number of carbonyl (C=O) groups excluding carboxylic acids is 1. The second-order valence-electron chi connectivity index (χ2n) is 5.47. The molecule has 0 aliphatic heterocycles. The molecule has 0 aliphatic rings. The molecule has 0 radical (unpaired) electrons. The summed E-state index contributed by atoms with van der Waals surface area (Å²) >= 11 is 0. The van der Waals surface area contributed by atoms with E-state index in [0.717, 1.165) is 28.2 Å². The first-order valence-electron chi connectivity index (χ1n) is 7.64. The zero-order chi connectivity index (χ0) is 18.0. The Bertz CT molecular complexity index is 946. The van der Waals surface area contributed by atoms with Gasteiger partial charge >= 0.3 is 0 Å². The van der Waals surface area contributed by atoms with E-state index in [1.54, 1.807) is 44.6 Å². The summed E-state index contributed by atoms with van der Waals surface area (Å²) in [6.07, 6.45) is 0.795. The van der Waals surface area contributed by atoms with E-state index in [4.69, 9.17) is 14.2 Å². The standard InChI is InChI=1S/C20H18O5/c1-23-17-7-5-13(10-18(17)24-2)15-9-12(11-21)8-14-4-6-16(22)20(25-3)19(14)15/h4-11,22H,1-3H3. The van der Waals surface area contributed by atoms with Crippen LogP contribution in [0.5, 0.6) is 23.0 Å². The summed E-state index contributed by atoms with van der Waals surface area (Å²) < 4.78 is 16.1. The highest BCUT2D eigenvalue weighted by Crippen LogP contribution is 2.42. The number of aromatic hydroxyl groups is 1. The van der Waals surface area contributed by atoms with Crippen molar-refractivity contribution in [2.75, 3.05) is 21.3 Å². The molecule has 0 saturated heterocycles. The lowest BCUT2D eigenvalue weighted by Crippen LogP contribution is -1.94. The minimum absolute atomic E-state index is 0.0376. The first kappa shape index (κ1) is 16.6. The molecule has 0 heterocycles. The highest BCUT2D eigenvalue weighted by molar-refractivity contribution is 6.05. The number of carbonyl (C=O) groups is 1. The number of benzene rings is 3. The molecule has 5 nitrogen and oxygen atoms in total. The first-order chi connectivity index (χ1) is 12.1. The summed E-state index contributed by atoms with van der Waals surface area (Å²) in [5.41, 5.74) is 2.11. The second kappa shape index (κ2) is 6.73.